The number of nitrogens with zero attached hydrogens (tertiary/aromatic N) is 3. The number of amides is 2. The third-order valence-corrected chi connectivity index (χ3v) is 14.6. The Labute approximate surface area is 363 Å². The van der Waals surface area contributed by atoms with Gasteiger partial charge in [0.15, 0.2) is 0 Å². The molecular weight excluding hydrogens is 769 g/mol. The molecule has 8 rings (SSSR count). The molecule has 3 aromatic carbocycles. The number of hydroxylamine groups is 2. The minimum absolute atomic E-state index is 0.0266. The van der Waals surface area contributed by atoms with Crippen LogP contribution in [0.15, 0.2) is 60.7 Å². The Morgan fingerprint density at radius 1 is 1.10 bits per heavy atom. The van der Waals surface area contributed by atoms with Crippen molar-refractivity contribution in [2.24, 2.45) is 34.8 Å². The number of hydrogen-bond donors (Lipinski definition) is 5. The van der Waals surface area contributed by atoms with Crippen molar-refractivity contribution in [2.75, 3.05) is 52.3 Å². The van der Waals surface area contributed by atoms with Crippen LogP contribution in [0.1, 0.15) is 80.4 Å². The zero-order chi connectivity index (χ0) is 43.7. The summed E-state index contributed by atoms with van der Waals surface area (Å²) in [5.41, 5.74) is 12.5. The minimum atomic E-state index is -0.913. The molecule has 0 aromatic heterocycles. The number of fused-ring (bicyclic) bond motifs is 2. The Balaban J connectivity index is 1.22. The Hall–Kier alpha value is -4.04. The zero-order valence-electron chi connectivity index (χ0n) is 37.6. The van der Waals surface area contributed by atoms with E-state index in [-0.39, 0.29) is 48.5 Å². The number of rotatable bonds is 16. The first-order chi connectivity index (χ1) is 29.1. The van der Waals surface area contributed by atoms with Crippen LogP contribution in [0.25, 0.3) is 11.1 Å². The molecule has 12 nitrogen and oxygen atoms in total. The fourth-order valence-electron chi connectivity index (χ4n) is 11.3. The fourth-order valence-corrected chi connectivity index (χ4v) is 11.3. The SMILES string of the molecule is COc1c(CN2O[C@@H](CO)[C@@H]([C@H](C)O)[C@H]2C(=O)N[C@H]2C[C@H]3C[C@@H](C2C)C3(C)C)cc(C)cc1-c1cc(C(=O)N[C@@H](Cc2ccccc2)CN(C)C)cc(N2CCCC2CN)c1. The van der Waals surface area contributed by atoms with E-state index in [9.17, 15) is 19.8 Å². The van der Waals surface area contributed by atoms with Gasteiger partial charge in [0.1, 0.15) is 17.9 Å². The third-order valence-electron chi connectivity index (χ3n) is 14.6. The Morgan fingerprint density at radius 2 is 1.85 bits per heavy atom. The minimum Gasteiger partial charge on any atom is -0.496 e. The van der Waals surface area contributed by atoms with Crippen molar-refractivity contribution >= 4 is 17.5 Å². The quantitative estimate of drug-likeness (QED) is 0.131. The fraction of sp³-hybridized carbons (Fsp3) is 0.592. The number of nitrogens with two attached hydrogens (primary N) is 1. The summed E-state index contributed by atoms with van der Waals surface area (Å²) < 4.78 is 6.25. The van der Waals surface area contributed by atoms with Crippen LogP contribution in [-0.4, -0.2) is 116 Å². The molecule has 0 radical (unpaired) electrons. The van der Waals surface area contributed by atoms with Crippen LogP contribution in [-0.2, 0) is 22.6 Å². The molecular formula is C49H70N6O6. The van der Waals surface area contributed by atoms with Crippen molar-refractivity contribution in [3.63, 3.8) is 0 Å². The number of likely N-dealkylation sites (N-methyl/N-ethyl adjacent to an activating group) is 1. The lowest BCUT2D eigenvalue weighted by atomic mass is 9.45. The highest BCUT2D eigenvalue weighted by Crippen LogP contribution is 2.61. The Bertz CT molecular complexity index is 2010. The second-order valence-electron chi connectivity index (χ2n) is 19.4. The van der Waals surface area contributed by atoms with Crippen LogP contribution < -0.4 is 26.0 Å². The number of hydrogen-bond acceptors (Lipinski definition) is 10. The van der Waals surface area contributed by atoms with Crippen LogP contribution in [0, 0.1) is 36.0 Å². The maximum absolute atomic E-state index is 14.5. The maximum atomic E-state index is 14.5. The van der Waals surface area contributed by atoms with E-state index in [0.29, 0.717) is 48.6 Å². The van der Waals surface area contributed by atoms with Gasteiger partial charge in [-0.15, -0.1) is 0 Å². The molecule has 2 heterocycles. The van der Waals surface area contributed by atoms with Crippen molar-refractivity contribution in [1.29, 1.82) is 0 Å². The summed E-state index contributed by atoms with van der Waals surface area (Å²) in [6.07, 6.45) is 3.12. The predicted molar refractivity (Wildman–Crippen MR) is 240 cm³/mol. The van der Waals surface area contributed by atoms with E-state index in [1.54, 1.807) is 19.1 Å². The highest BCUT2D eigenvalue weighted by atomic mass is 16.7. The van der Waals surface area contributed by atoms with E-state index in [4.69, 9.17) is 15.3 Å². The van der Waals surface area contributed by atoms with E-state index in [1.807, 2.05) is 57.4 Å². The van der Waals surface area contributed by atoms with Crippen molar-refractivity contribution in [3.05, 3.63) is 82.9 Å². The van der Waals surface area contributed by atoms with Crippen LogP contribution >= 0.6 is 0 Å². The number of aliphatic hydroxyl groups excluding tert-OH is 2. The topological polar surface area (TPSA) is 153 Å². The third kappa shape index (κ3) is 9.36. The molecule has 5 fully saturated rings. The molecule has 61 heavy (non-hydrogen) atoms. The van der Waals surface area contributed by atoms with E-state index in [1.165, 1.54) is 6.42 Å². The van der Waals surface area contributed by atoms with Gasteiger partial charge in [-0.2, -0.15) is 5.06 Å². The van der Waals surface area contributed by atoms with Crippen molar-refractivity contribution in [3.8, 4) is 16.9 Å². The highest BCUT2D eigenvalue weighted by Gasteiger charge is 2.57. The summed E-state index contributed by atoms with van der Waals surface area (Å²) in [6, 6.07) is 19.6. The number of carbonyl (C=O) groups excluding carboxylic acids is 2. The van der Waals surface area contributed by atoms with Crippen LogP contribution in [0.4, 0.5) is 5.69 Å². The van der Waals surface area contributed by atoms with Crippen LogP contribution in [0.2, 0.25) is 0 Å². The van der Waals surface area contributed by atoms with Gasteiger partial charge in [0.05, 0.1) is 26.4 Å². The number of benzene rings is 3. The molecule has 12 heteroatoms. The van der Waals surface area contributed by atoms with E-state index in [0.717, 1.165) is 59.3 Å². The molecule has 2 unspecified atom stereocenters. The van der Waals surface area contributed by atoms with Crippen LogP contribution in [0.5, 0.6) is 5.75 Å². The number of carbonyl (C=O) groups is 2. The first-order valence-electron chi connectivity index (χ1n) is 22.4. The van der Waals surface area contributed by atoms with Gasteiger partial charge in [0, 0.05) is 66.1 Å². The average molecular weight is 839 g/mol. The zero-order valence-corrected chi connectivity index (χ0v) is 37.6. The normalized spacial score (nSPS) is 28.0. The summed E-state index contributed by atoms with van der Waals surface area (Å²) in [6.45, 7) is 12.4. The molecule has 6 N–H and O–H groups in total. The van der Waals surface area contributed by atoms with Crippen molar-refractivity contribution < 1.29 is 29.4 Å². The number of ether oxygens (including phenoxy) is 1. The molecule has 3 aliphatic carbocycles. The molecule has 0 spiro atoms. The summed E-state index contributed by atoms with van der Waals surface area (Å²) in [5, 5.41) is 30.0. The number of aryl methyl sites for hydroxylation is 1. The average Bonchev–Trinajstić information content (AvgIpc) is 3.86. The van der Waals surface area contributed by atoms with Gasteiger partial charge in [-0.1, -0.05) is 57.2 Å². The lowest BCUT2D eigenvalue weighted by Crippen LogP contribution is -2.62. The highest BCUT2D eigenvalue weighted by molar-refractivity contribution is 5.97. The standard InChI is InChI=1S/C49H70N6O6/c1-29-17-35(26-55-45(44(31(3)57)43(28-56)61-55)48(59)52-42-24-36-23-41(30(42)2)49(36,4)5)46(60-8)40(18-29)33-20-34(22-39(21-33)54-16-12-15-38(54)25-50)47(58)51-37(27-53(6)7)19-32-13-10-9-11-14-32/h9-11,13-14,17-18,20-22,30-31,36-38,41-45,56-57H,12,15-16,19,23-28,50H2,1-8H3,(H,51,58)(H,52,59)/t30?,31-,36+,37-,38?,41-,42-,43-,44+,45-/m0/s1. The maximum Gasteiger partial charge on any atom is 0.251 e. The predicted octanol–water partition coefficient (Wildman–Crippen LogP) is 5.16. The summed E-state index contributed by atoms with van der Waals surface area (Å²) in [4.78, 5) is 39.7. The van der Waals surface area contributed by atoms with E-state index in [2.05, 4.69) is 65.5 Å². The smallest absolute Gasteiger partial charge is 0.251 e. The Morgan fingerprint density at radius 3 is 2.49 bits per heavy atom. The molecule has 2 amide bonds. The Kier molecular flexibility index (Phi) is 13.8. The monoisotopic (exact) mass is 839 g/mol. The van der Waals surface area contributed by atoms with Gasteiger partial charge in [0.25, 0.3) is 5.91 Å². The number of nitrogens with one attached hydrogen (secondary N) is 2. The van der Waals surface area contributed by atoms with Crippen molar-refractivity contribution in [1.82, 2.24) is 20.6 Å². The van der Waals surface area contributed by atoms with Crippen LogP contribution in [0.3, 0.4) is 0 Å². The summed E-state index contributed by atoms with van der Waals surface area (Å²) in [5.74, 6) is 1.01. The number of aliphatic hydroxyl groups is 2. The molecule has 5 aliphatic rings. The van der Waals surface area contributed by atoms with Gasteiger partial charge in [-0.25, -0.2) is 0 Å². The molecule has 3 saturated carbocycles. The lowest BCUT2D eigenvalue weighted by Gasteiger charge is -2.62. The molecule has 2 aliphatic heterocycles. The molecule has 2 bridgehead atoms. The van der Waals surface area contributed by atoms with Gasteiger partial charge in [-0.3, -0.25) is 14.4 Å². The van der Waals surface area contributed by atoms with Gasteiger partial charge in [-0.05, 0) is 124 Å². The lowest BCUT2D eigenvalue weighted by molar-refractivity contribution is -0.183. The van der Waals surface area contributed by atoms with Gasteiger partial charge < -0.3 is 41.1 Å². The van der Waals surface area contributed by atoms with E-state index >= 15 is 0 Å². The summed E-state index contributed by atoms with van der Waals surface area (Å²) in [7, 11) is 5.67. The van der Waals surface area contributed by atoms with Crippen molar-refractivity contribution in [2.45, 2.75) is 110 Å². The molecule has 332 valence electrons. The first-order valence-corrected chi connectivity index (χ1v) is 22.4. The second kappa shape index (κ2) is 18.7. The summed E-state index contributed by atoms with van der Waals surface area (Å²) >= 11 is 0. The molecule has 10 atom stereocenters. The molecule has 3 aromatic rings. The van der Waals surface area contributed by atoms with Gasteiger partial charge in [0.2, 0.25) is 5.91 Å². The molecule has 2 saturated heterocycles. The van der Waals surface area contributed by atoms with Gasteiger partial charge >= 0.3 is 0 Å². The first kappa shape index (κ1) is 45.0. The second-order valence-corrected chi connectivity index (χ2v) is 19.4. The number of anilines is 1. The van der Waals surface area contributed by atoms with E-state index < -0.39 is 24.2 Å². The number of methoxy groups -OCH3 is 1. The largest absolute Gasteiger partial charge is 0.496 e.